The zero-order valence-electron chi connectivity index (χ0n) is 10.1. The highest BCUT2D eigenvalue weighted by atomic mass is 14.9. The van der Waals surface area contributed by atoms with E-state index in [0.717, 1.165) is 25.0 Å². The Morgan fingerprint density at radius 1 is 1.38 bits per heavy atom. The predicted molar refractivity (Wildman–Crippen MR) is 65.7 cm³/mol. The van der Waals surface area contributed by atoms with E-state index in [0.29, 0.717) is 0 Å². The average molecular weight is 219 g/mol. The minimum atomic E-state index is -0.343. The minimum Gasteiger partial charge on any atom is -0.328 e. The van der Waals surface area contributed by atoms with Gasteiger partial charge >= 0.3 is 0 Å². The third kappa shape index (κ3) is 1.74. The van der Waals surface area contributed by atoms with Crippen molar-refractivity contribution in [3.05, 3.63) is 30.1 Å². The first-order chi connectivity index (χ1) is 7.46. The normalized spacial score (nSPS) is 33.6. The lowest BCUT2D eigenvalue weighted by Crippen LogP contribution is -2.56. The van der Waals surface area contributed by atoms with Gasteiger partial charge < -0.3 is 11.5 Å². The standard InChI is InChI=1S/C13H21N3/c1-12(2)9-10(14)6-7-13(12,15)11-5-3-4-8-16-11/h3-5,8,10H,6-7,9,14-15H2,1-2H3. The monoisotopic (exact) mass is 219 g/mol. The van der Waals surface area contributed by atoms with E-state index in [9.17, 15) is 0 Å². The van der Waals surface area contributed by atoms with Crippen LogP contribution in [0.2, 0.25) is 0 Å². The highest BCUT2D eigenvalue weighted by Gasteiger charge is 2.47. The molecule has 3 heteroatoms. The Morgan fingerprint density at radius 3 is 2.69 bits per heavy atom. The van der Waals surface area contributed by atoms with Crippen LogP contribution in [0.4, 0.5) is 0 Å². The molecule has 1 aromatic heterocycles. The molecule has 3 nitrogen and oxygen atoms in total. The molecule has 1 fully saturated rings. The van der Waals surface area contributed by atoms with Crippen LogP contribution >= 0.6 is 0 Å². The summed E-state index contributed by atoms with van der Waals surface area (Å²) in [5.41, 5.74) is 13.3. The molecule has 1 heterocycles. The number of pyridine rings is 1. The third-order valence-corrected chi connectivity index (χ3v) is 4.01. The molecule has 0 spiro atoms. The molecule has 1 aliphatic carbocycles. The van der Waals surface area contributed by atoms with Gasteiger partial charge in [0.15, 0.2) is 0 Å². The number of aromatic nitrogens is 1. The van der Waals surface area contributed by atoms with E-state index < -0.39 is 0 Å². The molecule has 0 bridgehead atoms. The van der Waals surface area contributed by atoms with Crippen LogP contribution in [0.5, 0.6) is 0 Å². The number of hydrogen-bond acceptors (Lipinski definition) is 3. The molecule has 1 aliphatic rings. The van der Waals surface area contributed by atoms with Gasteiger partial charge in [-0.15, -0.1) is 0 Å². The van der Waals surface area contributed by atoms with Gasteiger partial charge in [-0.25, -0.2) is 0 Å². The van der Waals surface area contributed by atoms with Crippen molar-refractivity contribution in [3.8, 4) is 0 Å². The van der Waals surface area contributed by atoms with Crippen molar-refractivity contribution in [2.75, 3.05) is 0 Å². The van der Waals surface area contributed by atoms with E-state index >= 15 is 0 Å². The zero-order valence-corrected chi connectivity index (χ0v) is 10.1. The fourth-order valence-corrected chi connectivity index (χ4v) is 2.79. The summed E-state index contributed by atoms with van der Waals surface area (Å²) in [5, 5.41) is 0. The predicted octanol–water partition coefficient (Wildman–Crippen LogP) is 1.77. The van der Waals surface area contributed by atoms with Crippen molar-refractivity contribution >= 4 is 0 Å². The molecule has 88 valence electrons. The van der Waals surface area contributed by atoms with Crippen molar-refractivity contribution in [1.29, 1.82) is 0 Å². The molecule has 2 rings (SSSR count). The van der Waals surface area contributed by atoms with E-state index in [-0.39, 0.29) is 17.0 Å². The molecule has 0 aromatic carbocycles. The molecule has 4 N–H and O–H groups in total. The maximum Gasteiger partial charge on any atom is 0.0636 e. The second kappa shape index (κ2) is 3.82. The fourth-order valence-electron chi connectivity index (χ4n) is 2.79. The van der Waals surface area contributed by atoms with Crippen LogP contribution in [0, 0.1) is 5.41 Å². The summed E-state index contributed by atoms with van der Waals surface area (Å²) in [5.74, 6) is 0. The molecule has 0 amide bonds. The number of hydrogen-bond donors (Lipinski definition) is 2. The number of nitrogens with two attached hydrogens (primary N) is 2. The van der Waals surface area contributed by atoms with Gasteiger partial charge in [0, 0.05) is 12.2 Å². The maximum absolute atomic E-state index is 6.60. The molecule has 1 saturated carbocycles. The quantitative estimate of drug-likeness (QED) is 0.756. The Bertz CT molecular complexity index is 361. The molecule has 0 radical (unpaired) electrons. The molecular weight excluding hydrogens is 198 g/mol. The molecule has 0 saturated heterocycles. The Kier molecular flexibility index (Phi) is 2.76. The van der Waals surface area contributed by atoms with E-state index in [1.165, 1.54) is 0 Å². The topological polar surface area (TPSA) is 64.9 Å². The summed E-state index contributed by atoms with van der Waals surface area (Å²) in [6.07, 6.45) is 4.67. The molecular formula is C13H21N3. The Labute approximate surface area is 97.2 Å². The first kappa shape index (κ1) is 11.6. The Morgan fingerprint density at radius 2 is 2.12 bits per heavy atom. The lowest BCUT2D eigenvalue weighted by molar-refractivity contribution is 0.0815. The van der Waals surface area contributed by atoms with Crippen LogP contribution in [-0.2, 0) is 5.54 Å². The van der Waals surface area contributed by atoms with E-state index in [2.05, 4.69) is 18.8 Å². The van der Waals surface area contributed by atoms with E-state index in [4.69, 9.17) is 11.5 Å². The van der Waals surface area contributed by atoms with Crippen molar-refractivity contribution in [2.45, 2.75) is 44.7 Å². The first-order valence-electron chi connectivity index (χ1n) is 5.92. The van der Waals surface area contributed by atoms with Gasteiger partial charge in [0.25, 0.3) is 0 Å². The van der Waals surface area contributed by atoms with E-state index in [1.54, 1.807) is 0 Å². The van der Waals surface area contributed by atoms with Crippen molar-refractivity contribution in [3.63, 3.8) is 0 Å². The highest BCUT2D eigenvalue weighted by Crippen LogP contribution is 2.47. The molecule has 2 atom stereocenters. The molecule has 1 aromatic rings. The number of nitrogens with zero attached hydrogens (tertiary/aromatic N) is 1. The molecule has 0 aliphatic heterocycles. The number of rotatable bonds is 1. The van der Waals surface area contributed by atoms with Crippen molar-refractivity contribution in [2.24, 2.45) is 16.9 Å². The summed E-state index contributed by atoms with van der Waals surface area (Å²) in [6.45, 7) is 4.39. The van der Waals surface area contributed by atoms with Crippen LogP contribution < -0.4 is 11.5 Å². The zero-order chi connectivity index (χ0) is 11.8. The van der Waals surface area contributed by atoms with Gasteiger partial charge in [-0.2, -0.15) is 0 Å². The summed E-state index contributed by atoms with van der Waals surface area (Å²) in [6, 6.07) is 6.23. The fraction of sp³-hybridized carbons (Fsp3) is 0.615. The van der Waals surface area contributed by atoms with Gasteiger partial charge in [0.2, 0.25) is 0 Å². The SMILES string of the molecule is CC1(C)CC(N)CCC1(N)c1ccccn1. The summed E-state index contributed by atoms with van der Waals surface area (Å²) < 4.78 is 0. The van der Waals surface area contributed by atoms with Crippen LogP contribution in [0.1, 0.15) is 38.8 Å². The average Bonchev–Trinajstić information content (AvgIpc) is 2.25. The van der Waals surface area contributed by atoms with Gasteiger partial charge in [-0.1, -0.05) is 19.9 Å². The Hall–Kier alpha value is -0.930. The smallest absolute Gasteiger partial charge is 0.0636 e. The lowest BCUT2D eigenvalue weighted by atomic mass is 9.61. The first-order valence-corrected chi connectivity index (χ1v) is 5.92. The second-order valence-electron chi connectivity index (χ2n) is 5.57. The van der Waals surface area contributed by atoms with Crippen LogP contribution in [0.25, 0.3) is 0 Å². The van der Waals surface area contributed by atoms with Crippen LogP contribution in [-0.4, -0.2) is 11.0 Å². The van der Waals surface area contributed by atoms with Gasteiger partial charge in [-0.05, 0) is 36.8 Å². The van der Waals surface area contributed by atoms with Gasteiger partial charge in [0.1, 0.15) is 0 Å². The summed E-state index contributed by atoms with van der Waals surface area (Å²) in [7, 11) is 0. The third-order valence-electron chi connectivity index (χ3n) is 4.01. The minimum absolute atomic E-state index is 0.000972. The van der Waals surface area contributed by atoms with Gasteiger partial charge in [-0.3, -0.25) is 4.98 Å². The largest absolute Gasteiger partial charge is 0.328 e. The molecule has 16 heavy (non-hydrogen) atoms. The van der Waals surface area contributed by atoms with Gasteiger partial charge in [0.05, 0.1) is 11.2 Å². The van der Waals surface area contributed by atoms with E-state index in [1.807, 2.05) is 24.4 Å². The van der Waals surface area contributed by atoms with Crippen LogP contribution in [0.3, 0.4) is 0 Å². The van der Waals surface area contributed by atoms with Crippen molar-refractivity contribution < 1.29 is 0 Å². The second-order valence-corrected chi connectivity index (χ2v) is 5.57. The van der Waals surface area contributed by atoms with Crippen molar-refractivity contribution in [1.82, 2.24) is 4.98 Å². The van der Waals surface area contributed by atoms with Crippen LogP contribution in [0.15, 0.2) is 24.4 Å². The highest BCUT2D eigenvalue weighted by molar-refractivity contribution is 5.21. The summed E-state index contributed by atoms with van der Waals surface area (Å²) >= 11 is 0. The maximum atomic E-state index is 6.60. The Balaban J connectivity index is 2.37. The molecule has 2 unspecified atom stereocenters. The summed E-state index contributed by atoms with van der Waals surface area (Å²) in [4.78, 5) is 4.43. The lowest BCUT2D eigenvalue weighted by Gasteiger charge is -2.49.